The number of hydrogen-bond acceptors (Lipinski definition) is 5. The van der Waals surface area contributed by atoms with E-state index in [1.165, 1.54) is 0 Å². The van der Waals surface area contributed by atoms with Crippen LogP contribution < -0.4 is 34.7 Å². The summed E-state index contributed by atoms with van der Waals surface area (Å²) in [5.74, 6) is -1.32. The van der Waals surface area contributed by atoms with Crippen molar-refractivity contribution < 1.29 is 53.7 Å². The second-order valence-electron chi connectivity index (χ2n) is 3.85. The van der Waals surface area contributed by atoms with Crippen molar-refractivity contribution in [1.29, 1.82) is 0 Å². The summed E-state index contributed by atoms with van der Waals surface area (Å²) in [7, 11) is 0. The normalized spacial score (nSPS) is 9.63. The number of carbonyl (C=O) groups excluding carboxylic acids is 2. The molecule has 0 saturated carbocycles. The molecular formula is C13H21NaO5. The Morgan fingerprint density at radius 1 is 1.05 bits per heavy atom. The maximum atomic E-state index is 11.3. The van der Waals surface area contributed by atoms with Crippen molar-refractivity contribution in [3.63, 3.8) is 0 Å². The molecule has 0 aromatic heterocycles. The molecular weight excluding hydrogens is 259 g/mol. The Kier molecular flexibility index (Phi) is 13.7. The van der Waals surface area contributed by atoms with Gasteiger partial charge in [0.05, 0.1) is 13.2 Å². The molecule has 0 atom stereocenters. The standard InChI is InChI=1S/C13H22O5.Na/c1-4-17-12(15)8-6-11(10(3)14)7-9-13(16)18-5-2;/h11,14H,3-9H2,1-2H3;/q;+1/p-1. The van der Waals surface area contributed by atoms with Crippen molar-refractivity contribution in [2.75, 3.05) is 13.2 Å². The maximum Gasteiger partial charge on any atom is 1.00 e. The van der Waals surface area contributed by atoms with Gasteiger partial charge >= 0.3 is 41.5 Å². The van der Waals surface area contributed by atoms with Gasteiger partial charge in [-0.2, -0.15) is 0 Å². The fourth-order valence-corrected chi connectivity index (χ4v) is 1.52. The van der Waals surface area contributed by atoms with E-state index in [2.05, 4.69) is 6.58 Å². The summed E-state index contributed by atoms with van der Waals surface area (Å²) in [5.41, 5.74) is 0. The monoisotopic (exact) mass is 280 g/mol. The molecule has 0 unspecified atom stereocenters. The topological polar surface area (TPSA) is 75.7 Å². The van der Waals surface area contributed by atoms with E-state index in [1.807, 2.05) is 0 Å². The molecule has 0 heterocycles. The average molecular weight is 280 g/mol. The fourth-order valence-electron chi connectivity index (χ4n) is 1.52. The van der Waals surface area contributed by atoms with Crippen molar-refractivity contribution in [3.05, 3.63) is 12.3 Å². The molecule has 0 spiro atoms. The molecule has 0 amide bonds. The van der Waals surface area contributed by atoms with Crippen LogP contribution in [0.3, 0.4) is 0 Å². The van der Waals surface area contributed by atoms with Crippen LogP contribution in [0.15, 0.2) is 12.3 Å². The van der Waals surface area contributed by atoms with E-state index in [0.29, 0.717) is 26.1 Å². The maximum absolute atomic E-state index is 11.3. The Balaban J connectivity index is 0. The van der Waals surface area contributed by atoms with E-state index in [0.717, 1.165) is 0 Å². The van der Waals surface area contributed by atoms with Crippen LogP contribution in [0, 0.1) is 5.92 Å². The van der Waals surface area contributed by atoms with Gasteiger partial charge in [0.15, 0.2) is 0 Å². The van der Waals surface area contributed by atoms with Gasteiger partial charge in [-0.25, -0.2) is 0 Å². The van der Waals surface area contributed by atoms with Crippen LogP contribution in [0.5, 0.6) is 0 Å². The van der Waals surface area contributed by atoms with Crippen LogP contribution in [0.25, 0.3) is 0 Å². The number of carbonyl (C=O) groups is 2. The Morgan fingerprint density at radius 3 is 1.68 bits per heavy atom. The van der Waals surface area contributed by atoms with E-state index in [9.17, 15) is 14.7 Å². The van der Waals surface area contributed by atoms with Gasteiger partial charge in [-0.3, -0.25) is 9.59 Å². The van der Waals surface area contributed by atoms with Crippen molar-refractivity contribution in [2.24, 2.45) is 5.92 Å². The second-order valence-corrected chi connectivity index (χ2v) is 3.85. The first-order valence-corrected chi connectivity index (χ1v) is 6.18. The van der Waals surface area contributed by atoms with Gasteiger partial charge in [0.1, 0.15) is 0 Å². The van der Waals surface area contributed by atoms with Crippen molar-refractivity contribution >= 4 is 11.9 Å². The van der Waals surface area contributed by atoms with E-state index in [4.69, 9.17) is 9.47 Å². The predicted octanol–water partition coefficient (Wildman–Crippen LogP) is -1.83. The van der Waals surface area contributed by atoms with Crippen LogP contribution in [-0.2, 0) is 19.1 Å². The van der Waals surface area contributed by atoms with Gasteiger partial charge in [0, 0.05) is 12.8 Å². The molecule has 0 radical (unpaired) electrons. The molecule has 0 bridgehead atoms. The van der Waals surface area contributed by atoms with Gasteiger partial charge in [-0.05, 0) is 32.6 Å². The number of ether oxygens (including phenoxy) is 2. The zero-order chi connectivity index (χ0) is 14.0. The SMILES string of the molecule is C=C([O-])C(CCC(=O)OCC)CCC(=O)OCC.[Na+]. The number of hydrogen-bond donors (Lipinski definition) is 0. The Morgan fingerprint density at radius 2 is 1.42 bits per heavy atom. The largest absolute Gasteiger partial charge is 1.00 e. The van der Waals surface area contributed by atoms with Crippen LogP contribution in [0.1, 0.15) is 39.5 Å². The minimum atomic E-state index is -0.390. The van der Waals surface area contributed by atoms with Crippen molar-refractivity contribution in [3.8, 4) is 0 Å². The summed E-state index contributed by atoms with van der Waals surface area (Å²) in [6, 6.07) is 0. The van der Waals surface area contributed by atoms with Crippen molar-refractivity contribution in [1.82, 2.24) is 0 Å². The molecule has 0 rings (SSSR count). The van der Waals surface area contributed by atoms with Crippen LogP contribution >= 0.6 is 0 Å². The van der Waals surface area contributed by atoms with Gasteiger partial charge in [0.2, 0.25) is 0 Å². The fraction of sp³-hybridized carbons (Fsp3) is 0.692. The zero-order valence-electron chi connectivity index (χ0n) is 12.1. The third-order valence-corrected chi connectivity index (χ3v) is 2.46. The number of rotatable bonds is 9. The van der Waals surface area contributed by atoms with E-state index >= 15 is 0 Å². The third-order valence-electron chi connectivity index (χ3n) is 2.46. The molecule has 6 heteroatoms. The Hall–Kier alpha value is -0.520. The smallest absolute Gasteiger partial charge is 0.876 e. The Labute approximate surface area is 136 Å². The molecule has 0 aliphatic carbocycles. The Bertz CT molecular complexity index is 269. The summed E-state index contributed by atoms with van der Waals surface area (Å²) in [6.45, 7) is 7.44. The van der Waals surface area contributed by atoms with Crippen LogP contribution in [0.4, 0.5) is 0 Å². The van der Waals surface area contributed by atoms with Gasteiger partial charge in [-0.1, -0.05) is 0 Å². The molecule has 0 aliphatic heterocycles. The molecule has 5 nitrogen and oxygen atoms in total. The molecule has 0 N–H and O–H groups in total. The quantitative estimate of drug-likeness (QED) is 0.282. The molecule has 0 saturated heterocycles. The summed E-state index contributed by atoms with van der Waals surface area (Å²) < 4.78 is 9.55. The molecule has 0 aromatic rings. The number of allylic oxidation sites excluding steroid dienone is 1. The second kappa shape index (κ2) is 12.5. The van der Waals surface area contributed by atoms with Crippen molar-refractivity contribution in [2.45, 2.75) is 39.5 Å². The van der Waals surface area contributed by atoms with Gasteiger partial charge < -0.3 is 14.6 Å². The van der Waals surface area contributed by atoms with Crippen LogP contribution in [-0.4, -0.2) is 25.2 Å². The first-order valence-electron chi connectivity index (χ1n) is 6.18. The summed E-state index contributed by atoms with van der Waals surface area (Å²) in [6.07, 6.45) is 1.06. The summed E-state index contributed by atoms with van der Waals surface area (Å²) in [5, 5.41) is 11.3. The van der Waals surface area contributed by atoms with E-state index in [1.54, 1.807) is 13.8 Å². The predicted molar refractivity (Wildman–Crippen MR) is 64.4 cm³/mol. The zero-order valence-corrected chi connectivity index (χ0v) is 14.1. The number of esters is 2. The van der Waals surface area contributed by atoms with E-state index < -0.39 is 0 Å². The molecule has 19 heavy (non-hydrogen) atoms. The van der Waals surface area contributed by atoms with Crippen LogP contribution in [0.2, 0.25) is 0 Å². The average Bonchev–Trinajstić information content (AvgIpc) is 2.29. The van der Waals surface area contributed by atoms with Gasteiger partial charge in [0.25, 0.3) is 0 Å². The molecule has 0 fully saturated rings. The first kappa shape index (κ1) is 20.8. The third kappa shape index (κ3) is 11.0. The van der Waals surface area contributed by atoms with Gasteiger partial charge in [-0.15, -0.1) is 12.3 Å². The first-order chi connectivity index (χ1) is 8.51. The molecule has 104 valence electrons. The van der Waals surface area contributed by atoms with E-state index in [-0.39, 0.29) is 66.0 Å². The summed E-state index contributed by atoms with van der Waals surface area (Å²) in [4.78, 5) is 22.3. The molecule has 0 aliphatic rings. The summed E-state index contributed by atoms with van der Waals surface area (Å²) >= 11 is 0. The minimum Gasteiger partial charge on any atom is -0.876 e. The minimum absolute atomic E-state index is 0. The molecule has 0 aromatic carbocycles.